The van der Waals surface area contributed by atoms with Crippen LogP contribution in [0.25, 0.3) is 22.6 Å². The number of imidazole rings is 1. The number of pyridine rings is 1. The molecule has 0 radical (unpaired) electrons. The zero-order valence-corrected chi connectivity index (χ0v) is 21.2. The molecule has 0 spiro atoms. The van der Waals surface area contributed by atoms with Gasteiger partial charge in [0.05, 0.1) is 17.8 Å². The Morgan fingerprint density at radius 2 is 2.11 bits per heavy atom. The molecule has 5 rings (SSSR count). The van der Waals surface area contributed by atoms with E-state index >= 15 is 0 Å². The Balaban J connectivity index is 1.50. The Hall–Kier alpha value is -3.18. The van der Waals surface area contributed by atoms with Crippen LogP contribution in [0.5, 0.6) is 0 Å². The molecule has 1 fully saturated rings. The predicted octanol–water partition coefficient (Wildman–Crippen LogP) is 3.72. The molecule has 184 valence electrons. The third kappa shape index (κ3) is 4.96. The van der Waals surface area contributed by atoms with Crippen LogP contribution < -0.4 is 5.32 Å². The van der Waals surface area contributed by atoms with Crippen molar-refractivity contribution in [2.24, 2.45) is 5.92 Å². The number of aromatic nitrogens is 7. The molecular formula is C24H30N8O2S. The molecule has 0 aliphatic heterocycles. The summed E-state index contributed by atoms with van der Waals surface area (Å²) < 4.78 is 8.15. The van der Waals surface area contributed by atoms with Gasteiger partial charge >= 0.3 is 0 Å². The van der Waals surface area contributed by atoms with Gasteiger partial charge in [-0.25, -0.2) is 15.0 Å². The van der Waals surface area contributed by atoms with Gasteiger partial charge in [0.2, 0.25) is 0 Å². The highest BCUT2D eigenvalue weighted by Crippen LogP contribution is 2.35. The highest BCUT2D eigenvalue weighted by molar-refractivity contribution is 7.13. The summed E-state index contributed by atoms with van der Waals surface area (Å²) in [6.07, 6.45) is 8.27. The molecular weight excluding hydrogens is 464 g/mol. The van der Waals surface area contributed by atoms with Gasteiger partial charge in [0.15, 0.2) is 10.8 Å². The lowest BCUT2D eigenvalue weighted by atomic mass is 9.88. The van der Waals surface area contributed by atoms with Crippen LogP contribution in [0.4, 0.5) is 0 Å². The maximum Gasteiger partial charge on any atom is 0.280 e. The van der Waals surface area contributed by atoms with E-state index in [0.29, 0.717) is 16.7 Å². The molecule has 0 saturated heterocycles. The quantitative estimate of drug-likeness (QED) is 0.401. The average molecular weight is 495 g/mol. The minimum atomic E-state index is -0.127. The van der Waals surface area contributed by atoms with E-state index < -0.39 is 0 Å². The monoisotopic (exact) mass is 494 g/mol. The highest BCUT2D eigenvalue weighted by Gasteiger charge is 2.33. The minimum absolute atomic E-state index is 0.0250. The van der Waals surface area contributed by atoms with Crippen molar-refractivity contribution in [2.75, 3.05) is 7.11 Å². The van der Waals surface area contributed by atoms with E-state index in [4.69, 9.17) is 9.72 Å². The minimum Gasteiger partial charge on any atom is -0.381 e. The van der Waals surface area contributed by atoms with Crippen molar-refractivity contribution in [3.8, 4) is 11.5 Å². The lowest BCUT2D eigenvalue weighted by molar-refractivity contribution is 0.0390. The molecule has 4 aromatic rings. The number of aromatic amines is 1. The number of ether oxygens (including phenoxy) is 1. The first-order valence-electron chi connectivity index (χ1n) is 11.9. The second-order valence-corrected chi connectivity index (χ2v) is 10.8. The van der Waals surface area contributed by atoms with Crippen LogP contribution in [0.2, 0.25) is 0 Å². The van der Waals surface area contributed by atoms with Crippen LogP contribution >= 0.6 is 11.3 Å². The van der Waals surface area contributed by atoms with Crippen molar-refractivity contribution in [3.05, 3.63) is 40.5 Å². The van der Waals surface area contributed by atoms with Crippen molar-refractivity contribution in [1.29, 1.82) is 0 Å². The summed E-state index contributed by atoms with van der Waals surface area (Å²) in [6.45, 7) is 6.34. The van der Waals surface area contributed by atoms with Crippen LogP contribution in [0.1, 0.15) is 59.7 Å². The first kappa shape index (κ1) is 23.6. The van der Waals surface area contributed by atoms with Crippen molar-refractivity contribution >= 4 is 28.3 Å². The first-order chi connectivity index (χ1) is 16.9. The molecule has 1 aliphatic rings. The predicted molar refractivity (Wildman–Crippen MR) is 133 cm³/mol. The summed E-state index contributed by atoms with van der Waals surface area (Å²) in [5.74, 6) is 1.96. The molecule has 4 heterocycles. The summed E-state index contributed by atoms with van der Waals surface area (Å²) in [5, 5.41) is 10.6. The third-order valence-corrected chi connectivity index (χ3v) is 7.30. The average Bonchev–Trinajstić information content (AvgIpc) is 3.57. The molecule has 0 bridgehead atoms. The fraction of sp³-hybridized carbons (Fsp3) is 0.500. The van der Waals surface area contributed by atoms with E-state index in [0.717, 1.165) is 53.1 Å². The van der Waals surface area contributed by atoms with Gasteiger partial charge in [-0.1, -0.05) is 13.8 Å². The molecule has 1 saturated carbocycles. The Labute approximate surface area is 207 Å². The number of hydrogen-bond acceptors (Lipinski definition) is 8. The van der Waals surface area contributed by atoms with E-state index in [1.54, 1.807) is 19.5 Å². The van der Waals surface area contributed by atoms with Gasteiger partial charge in [0.25, 0.3) is 5.91 Å². The molecule has 10 nitrogen and oxygen atoms in total. The molecule has 11 heteroatoms. The largest absolute Gasteiger partial charge is 0.381 e. The summed E-state index contributed by atoms with van der Waals surface area (Å²) in [4.78, 5) is 31.9. The van der Waals surface area contributed by atoms with Gasteiger partial charge in [0, 0.05) is 36.7 Å². The van der Waals surface area contributed by atoms with Crippen molar-refractivity contribution in [3.63, 3.8) is 0 Å². The molecule has 1 aliphatic carbocycles. The van der Waals surface area contributed by atoms with Gasteiger partial charge in [-0.2, -0.15) is 5.10 Å². The van der Waals surface area contributed by atoms with Crippen LogP contribution in [0.15, 0.2) is 24.8 Å². The molecule has 0 aromatic carbocycles. The number of carbonyl (C=O) groups is 1. The number of fused-ring (bicyclic) bond motifs is 1. The highest BCUT2D eigenvalue weighted by atomic mass is 32.1. The topological polar surface area (TPSA) is 124 Å². The van der Waals surface area contributed by atoms with Crippen LogP contribution in [-0.2, 0) is 11.2 Å². The molecule has 1 amide bonds. The summed E-state index contributed by atoms with van der Waals surface area (Å²) in [5.41, 5.74) is 2.57. The Kier molecular flexibility index (Phi) is 6.61. The van der Waals surface area contributed by atoms with Gasteiger partial charge in [0.1, 0.15) is 23.4 Å². The maximum atomic E-state index is 12.9. The molecule has 4 aromatic heterocycles. The lowest BCUT2D eigenvalue weighted by Crippen LogP contribution is -2.43. The second kappa shape index (κ2) is 9.82. The SMILES string of the molecule is CO[C@H]1CC(NC(=O)c2ncc(C)s2)C[C@@H](n2c(CC(C)C)nc3cnc(-c4ncn[nH]4)cc32)C1. The van der Waals surface area contributed by atoms with E-state index in [-0.39, 0.29) is 24.1 Å². The van der Waals surface area contributed by atoms with Crippen molar-refractivity contribution in [1.82, 2.24) is 40.0 Å². The smallest absolute Gasteiger partial charge is 0.280 e. The number of nitrogens with one attached hydrogen (secondary N) is 2. The van der Waals surface area contributed by atoms with Crippen LogP contribution in [0, 0.1) is 12.8 Å². The van der Waals surface area contributed by atoms with Gasteiger partial charge < -0.3 is 14.6 Å². The van der Waals surface area contributed by atoms with Crippen LogP contribution in [-0.4, -0.2) is 59.9 Å². The molecule has 3 atom stereocenters. The Bertz CT molecular complexity index is 1310. The lowest BCUT2D eigenvalue weighted by Gasteiger charge is -2.36. The zero-order valence-electron chi connectivity index (χ0n) is 20.4. The molecule has 2 N–H and O–H groups in total. The summed E-state index contributed by atoms with van der Waals surface area (Å²) in [7, 11) is 1.74. The second-order valence-electron chi connectivity index (χ2n) is 9.55. The zero-order chi connectivity index (χ0) is 24.5. The van der Waals surface area contributed by atoms with E-state index in [1.807, 2.05) is 13.0 Å². The number of nitrogens with zero attached hydrogens (tertiary/aromatic N) is 6. The maximum absolute atomic E-state index is 12.9. The van der Waals surface area contributed by atoms with Crippen LogP contribution in [0.3, 0.4) is 0 Å². The number of aryl methyl sites for hydroxylation is 1. The van der Waals surface area contributed by atoms with E-state index in [2.05, 4.69) is 48.9 Å². The van der Waals surface area contributed by atoms with Gasteiger partial charge in [-0.05, 0) is 38.2 Å². The third-order valence-electron chi connectivity index (χ3n) is 6.39. The van der Waals surface area contributed by atoms with E-state index in [9.17, 15) is 4.79 Å². The Morgan fingerprint density at radius 3 is 2.80 bits per heavy atom. The summed E-state index contributed by atoms with van der Waals surface area (Å²) >= 11 is 1.41. The number of rotatable bonds is 7. The Morgan fingerprint density at radius 1 is 1.26 bits per heavy atom. The first-order valence-corrected chi connectivity index (χ1v) is 12.7. The van der Waals surface area contributed by atoms with E-state index in [1.165, 1.54) is 17.7 Å². The number of H-pyrrole nitrogens is 1. The number of methoxy groups -OCH3 is 1. The number of amides is 1. The standard InChI is InChI=1S/C24H30N8O2S/c1-13(2)5-21-30-19-11-25-18(22-27-12-28-31-22)9-20(19)32(21)16-6-15(7-17(8-16)34-4)29-23(33)24-26-10-14(3)35-24/h9-13,15-17H,5-8H2,1-4H3,(H,29,33)(H,27,28,31)/t15?,16-,17+/m1/s1. The fourth-order valence-corrected chi connectivity index (χ4v) is 5.56. The van der Waals surface area contributed by atoms with Crippen molar-refractivity contribution < 1.29 is 9.53 Å². The number of thiazole rings is 1. The fourth-order valence-electron chi connectivity index (χ4n) is 4.89. The molecule has 35 heavy (non-hydrogen) atoms. The normalized spacial score (nSPS) is 20.5. The number of carbonyl (C=O) groups excluding carboxylic acids is 1. The van der Waals surface area contributed by atoms with Crippen molar-refractivity contribution in [2.45, 2.75) is 64.6 Å². The number of hydrogen-bond donors (Lipinski definition) is 2. The van der Waals surface area contributed by atoms with Gasteiger partial charge in [-0.15, -0.1) is 11.3 Å². The summed E-state index contributed by atoms with van der Waals surface area (Å²) in [6, 6.07) is 2.10. The van der Waals surface area contributed by atoms with Gasteiger partial charge in [-0.3, -0.25) is 14.9 Å². The molecule has 1 unspecified atom stereocenters.